The van der Waals surface area contributed by atoms with Crippen LogP contribution >= 0.6 is 0 Å². The molecule has 1 atom stereocenters. The van der Waals surface area contributed by atoms with Gasteiger partial charge in [0, 0.05) is 5.56 Å². The van der Waals surface area contributed by atoms with E-state index in [0.717, 1.165) is 12.1 Å². The lowest BCUT2D eigenvalue weighted by molar-refractivity contribution is -0.125. The maximum Gasteiger partial charge on any atom is 0.339 e. The Hall–Kier alpha value is -3.67. The van der Waals surface area contributed by atoms with Gasteiger partial charge in [0.15, 0.2) is 0 Å². The summed E-state index contributed by atoms with van der Waals surface area (Å²) in [7, 11) is 0. The van der Waals surface area contributed by atoms with E-state index in [4.69, 9.17) is 9.47 Å². The summed E-state index contributed by atoms with van der Waals surface area (Å²) in [5.74, 6) is -1.21. The summed E-state index contributed by atoms with van der Waals surface area (Å²) in [4.78, 5) is 25.5. The zero-order valence-corrected chi connectivity index (χ0v) is 15.8. The highest BCUT2D eigenvalue weighted by Gasteiger charge is 2.26. The third-order valence-electron chi connectivity index (χ3n) is 4.09. The van der Waals surface area contributed by atoms with Crippen molar-refractivity contribution in [3.63, 3.8) is 0 Å². The second kappa shape index (κ2) is 9.50. The Morgan fingerprint density at radius 1 is 0.931 bits per heavy atom. The van der Waals surface area contributed by atoms with Crippen molar-refractivity contribution in [3.05, 3.63) is 95.8 Å². The van der Waals surface area contributed by atoms with E-state index in [0.29, 0.717) is 23.6 Å². The lowest BCUT2D eigenvalue weighted by atomic mass is 10.1. The number of hydrogen-bond donors (Lipinski definition) is 1. The summed E-state index contributed by atoms with van der Waals surface area (Å²) >= 11 is 0. The summed E-state index contributed by atoms with van der Waals surface area (Å²) in [6.07, 6.45) is -1.19. The van der Waals surface area contributed by atoms with Crippen LogP contribution in [-0.4, -0.2) is 18.5 Å². The third kappa shape index (κ3) is 5.19. The quantitative estimate of drug-likeness (QED) is 0.588. The number of ether oxygens (including phenoxy) is 2. The van der Waals surface area contributed by atoms with Crippen LogP contribution in [-0.2, 0) is 9.53 Å². The standard InChI is InChI=1S/C23H20FNO4/c1-2-28-20-11-7-6-10-19(20)25-22(26)21(16-8-4-3-5-9-16)29-23(27)17-12-14-18(24)15-13-17/h3-15,21H,2H2,1H3,(H,25,26)/t21-/m1/s1. The van der Waals surface area contributed by atoms with Crippen LogP contribution in [0, 0.1) is 5.82 Å². The molecule has 6 heteroatoms. The van der Waals surface area contributed by atoms with E-state index < -0.39 is 23.8 Å². The SMILES string of the molecule is CCOc1ccccc1NC(=O)[C@H](OC(=O)c1ccc(F)cc1)c1ccccc1. The first kappa shape index (κ1) is 20.1. The first-order chi connectivity index (χ1) is 14.1. The number of halogens is 1. The molecule has 0 spiro atoms. The van der Waals surface area contributed by atoms with Crippen LogP contribution in [0.3, 0.4) is 0 Å². The molecule has 0 aliphatic heterocycles. The summed E-state index contributed by atoms with van der Waals surface area (Å²) in [5.41, 5.74) is 1.13. The van der Waals surface area contributed by atoms with Gasteiger partial charge in [-0.3, -0.25) is 4.79 Å². The highest BCUT2D eigenvalue weighted by molar-refractivity contribution is 5.99. The molecule has 0 fully saturated rings. The molecule has 0 heterocycles. The summed E-state index contributed by atoms with van der Waals surface area (Å²) in [6.45, 7) is 2.28. The van der Waals surface area contributed by atoms with Crippen LogP contribution in [0.1, 0.15) is 28.9 Å². The highest BCUT2D eigenvalue weighted by Crippen LogP contribution is 2.27. The van der Waals surface area contributed by atoms with Crippen LogP contribution in [0.5, 0.6) is 5.75 Å². The maximum atomic E-state index is 13.1. The fourth-order valence-corrected chi connectivity index (χ4v) is 2.71. The lowest BCUT2D eigenvalue weighted by Crippen LogP contribution is -2.26. The van der Waals surface area contributed by atoms with Gasteiger partial charge in [-0.25, -0.2) is 9.18 Å². The zero-order valence-electron chi connectivity index (χ0n) is 15.8. The molecule has 3 aromatic rings. The molecule has 0 bridgehead atoms. The molecule has 0 aliphatic rings. The van der Waals surface area contributed by atoms with Gasteiger partial charge in [-0.05, 0) is 43.3 Å². The normalized spacial score (nSPS) is 11.4. The summed E-state index contributed by atoms with van der Waals surface area (Å²) in [5, 5.41) is 2.76. The minimum atomic E-state index is -1.19. The van der Waals surface area contributed by atoms with E-state index in [1.165, 1.54) is 12.1 Å². The molecule has 0 aliphatic carbocycles. The molecule has 1 N–H and O–H groups in total. The van der Waals surface area contributed by atoms with Gasteiger partial charge in [-0.1, -0.05) is 42.5 Å². The van der Waals surface area contributed by atoms with Crippen LogP contribution in [0.15, 0.2) is 78.9 Å². The lowest BCUT2D eigenvalue weighted by Gasteiger charge is -2.19. The van der Waals surface area contributed by atoms with Crippen LogP contribution in [0.25, 0.3) is 0 Å². The first-order valence-corrected chi connectivity index (χ1v) is 9.12. The minimum absolute atomic E-state index is 0.148. The Balaban J connectivity index is 1.85. The fraction of sp³-hybridized carbons (Fsp3) is 0.130. The second-order valence-electron chi connectivity index (χ2n) is 6.12. The van der Waals surface area contributed by atoms with Crippen molar-refractivity contribution in [2.24, 2.45) is 0 Å². The minimum Gasteiger partial charge on any atom is -0.492 e. The zero-order chi connectivity index (χ0) is 20.6. The Morgan fingerprint density at radius 3 is 2.28 bits per heavy atom. The predicted molar refractivity (Wildman–Crippen MR) is 107 cm³/mol. The van der Waals surface area contributed by atoms with Gasteiger partial charge in [0.1, 0.15) is 11.6 Å². The van der Waals surface area contributed by atoms with Crippen LogP contribution in [0.4, 0.5) is 10.1 Å². The van der Waals surface area contributed by atoms with Gasteiger partial charge < -0.3 is 14.8 Å². The summed E-state index contributed by atoms with van der Waals surface area (Å²) in [6, 6.07) is 20.6. The van der Waals surface area contributed by atoms with E-state index in [-0.39, 0.29) is 5.56 Å². The average molecular weight is 393 g/mol. The van der Waals surface area contributed by atoms with E-state index in [9.17, 15) is 14.0 Å². The van der Waals surface area contributed by atoms with E-state index in [1.54, 1.807) is 54.6 Å². The molecule has 1 amide bonds. The number of carbonyl (C=O) groups excluding carboxylic acids is 2. The largest absolute Gasteiger partial charge is 0.492 e. The van der Waals surface area contributed by atoms with Gasteiger partial charge in [-0.15, -0.1) is 0 Å². The van der Waals surface area contributed by atoms with Crippen LogP contribution < -0.4 is 10.1 Å². The number of benzene rings is 3. The number of hydrogen-bond acceptors (Lipinski definition) is 4. The Bertz CT molecular complexity index is 974. The topological polar surface area (TPSA) is 64.6 Å². The number of rotatable bonds is 7. The van der Waals surface area contributed by atoms with E-state index in [1.807, 2.05) is 6.92 Å². The molecule has 0 saturated heterocycles. The molecule has 5 nitrogen and oxygen atoms in total. The van der Waals surface area contributed by atoms with Crippen molar-refractivity contribution in [1.29, 1.82) is 0 Å². The van der Waals surface area contributed by atoms with Crippen molar-refractivity contribution in [1.82, 2.24) is 0 Å². The fourth-order valence-electron chi connectivity index (χ4n) is 2.71. The first-order valence-electron chi connectivity index (χ1n) is 9.12. The second-order valence-corrected chi connectivity index (χ2v) is 6.12. The molecule has 3 rings (SSSR count). The maximum absolute atomic E-state index is 13.1. The smallest absolute Gasteiger partial charge is 0.339 e. The predicted octanol–water partition coefficient (Wildman–Crippen LogP) is 4.76. The number of anilines is 1. The Labute approximate surface area is 168 Å². The number of nitrogens with one attached hydrogen (secondary N) is 1. The molecule has 29 heavy (non-hydrogen) atoms. The van der Waals surface area contributed by atoms with Crippen LogP contribution in [0.2, 0.25) is 0 Å². The van der Waals surface area contributed by atoms with Gasteiger partial charge in [0.2, 0.25) is 6.10 Å². The summed E-state index contributed by atoms with van der Waals surface area (Å²) < 4.78 is 24.1. The van der Waals surface area contributed by atoms with Crippen molar-refractivity contribution in [3.8, 4) is 5.75 Å². The number of para-hydroxylation sites is 2. The molecular weight excluding hydrogens is 373 g/mol. The number of esters is 1. The molecule has 0 unspecified atom stereocenters. The number of carbonyl (C=O) groups is 2. The van der Waals surface area contributed by atoms with E-state index >= 15 is 0 Å². The molecular formula is C23H20FNO4. The van der Waals surface area contributed by atoms with Crippen molar-refractivity contribution >= 4 is 17.6 Å². The van der Waals surface area contributed by atoms with Gasteiger partial charge >= 0.3 is 5.97 Å². The number of amides is 1. The van der Waals surface area contributed by atoms with E-state index in [2.05, 4.69) is 5.32 Å². The molecule has 0 saturated carbocycles. The molecule has 148 valence electrons. The average Bonchev–Trinajstić information content (AvgIpc) is 2.74. The van der Waals surface area contributed by atoms with Crippen molar-refractivity contribution in [2.45, 2.75) is 13.0 Å². The van der Waals surface area contributed by atoms with Gasteiger partial charge in [-0.2, -0.15) is 0 Å². The van der Waals surface area contributed by atoms with Crippen molar-refractivity contribution < 1.29 is 23.5 Å². The molecule has 0 aromatic heterocycles. The highest BCUT2D eigenvalue weighted by atomic mass is 19.1. The monoisotopic (exact) mass is 393 g/mol. The molecule has 3 aromatic carbocycles. The molecule has 0 radical (unpaired) electrons. The van der Waals surface area contributed by atoms with Crippen molar-refractivity contribution in [2.75, 3.05) is 11.9 Å². The Morgan fingerprint density at radius 2 is 1.59 bits per heavy atom. The third-order valence-corrected chi connectivity index (χ3v) is 4.09. The Kier molecular flexibility index (Phi) is 6.58. The van der Waals surface area contributed by atoms with Gasteiger partial charge in [0.05, 0.1) is 17.9 Å². The van der Waals surface area contributed by atoms with Gasteiger partial charge in [0.25, 0.3) is 5.91 Å².